The molecular formula is C10H13F3N2O2. The van der Waals surface area contributed by atoms with Crippen molar-refractivity contribution in [2.24, 2.45) is 0 Å². The quantitative estimate of drug-likeness (QED) is 0.497. The molecule has 17 heavy (non-hydrogen) atoms. The van der Waals surface area contributed by atoms with Crippen molar-refractivity contribution in [3.8, 4) is 0 Å². The Bertz CT molecular complexity index is 436. The van der Waals surface area contributed by atoms with Gasteiger partial charge in [-0.15, -0.1) is 0 Å². The highest BCUT2D eigenvalue weighted by atomic mass is 19.2. The van der Waals surface area contributed by atoms with Gasteiger partial charge in [0.25, 0.3) is 0 Å². The highest BCUT2D eigenvalue weighted by Crippen LogP contribution is 2.34. The van der Waals surface area contributed by atoms with Crippen molar-refractivity contribution in [1.29, 1.82) is 0 Å². The number of hydrogen-bond acceptors (Lipinski definition) is 3. The van der Waals surface area contributed by atoms with E-state index >= 15 is 0 Å². The van der Waals surface area contributed by atoms with Crippen molar-refractivity contribution < 1.29 is 18.1 Å². The first kappa shape index (κ1) is 15.2. The Morgan fingerprint density at radius 1 is 1.12 bits per heavy atom. The van der Waals surface area contributed by atoms with Crippen LogP contribution in [0.15, 0.2) is 0 Å². The topological polar surface area (TPSA) is 55.2 Å². The summed E-state index contributed by atoms with van der Waals surface area (Å²) in [5.41, 5.74) is -2.59. The minimum atomic E-state index is -1.46. The number of halogens is 3. The average Bonchev–Trinajstić information content (AvgIpc) is 2.32. The van der Waals surface area contributed by atoms with Crippen molar-refractivity contribution in [3.05, 3.63) is 33.1 Å². The second-order valence-corrected chi connectivity index (χ2v) is 2.80. The van der Waals surface area contributed by atoms with Crippen molar-refractivity contribution in [1.82, 2.24) is 0 Å². The minimum absolute atomic E-state index is 0.710. The van der Waals surface area contributed by atoms with Crippen molar-refractivity contribution >= 4 is 11.4 Å². The molecular weight excluding hydrogens is 237 g/mol. The number of rotatable bonds is 2. The van der Waals surface area contributed by atoms with E-state index in [-0.39, 0.29) is 0 Å². The lowest BCUT2D eigenvalue weighted by Crippen LogP contribution is -2.07. The van der Waals surface area contributed by atoms with Gasteiger partial charge in [0.1, 0.15) is 0 Å². The lowest BCUT2D eigenvalue weighted by Gasteiger charge is -2.07. The van der Waals surface area contributed by atoms with E-state index in [2.05, 4.69) is 5.32 Å². The first-order valence-electron chi connectivity index (χ1n) is 4.91. The van der Waals surface area contributed by atoms with Crippen molar-refractivity contribution in [2.45, 2.75) is 20.8 Å². The molecule has 1 aromatic rings. The molecule has 1 aromatic carbocycles. The van der Waals surface area contributed by atoms with Crippen molar-refractivity contribution in [2.75, 3.05) is 12.4 Å². The van der Waals surface area contributed by atoms with Crippen LogP contribution >= 0.6 is 0 Å². The molecule has 0 radical (unpaired) electrons. The van der Waals surface area contributed by atoms with E-state index in [1.165, 1.54) is 0 Å². The number of benzene rings is 1. The summed E-state index contributed by atoms with van der Waals surface area (Å²) >= 11 is 0. The van der Waals surface area contributed by atoms with Gasteiger partial charge in [-0.25, -0.2) is 8.78 Å². The predicted molar refractivity (Wildman–Crippen MR) is 58.6 cm³/mol. The highest BCUT2D eigenvalue weighted by Gasteiger charge is 2.29. The normalized spacial score (nSPS) is 9.35. The van der Waals surface area contributed by atoms with Crippen LogP contribution in [-0.2, 0) is 0 Å². The lowest BCUT2D eigenvalue weighted by atomic mass is 10.1. The first-order chi connectivity index (χ1) is 7.91. The number of nitrogens with zero attached hydrogens (tertiary/aromatic N) is 1. The zero-order valence-electron chi connectivity index (χ0n) is 9.90. The van der Waals surface area contributed by atoms with E-state index in [1.807, 2.05) is 13.8 Å². The Labute approximate surface area is 96.6 Å². The standard InChI is InChI=1S/C8H7F3N2O2.C2H6/c1-3-4(9)6(11)7(12-2)8(5(3)10)13(14)15;1-2/h12H,1-2H3;1-2H3. The van der Waals surface area contributed by atoms with Crippen molar-refractivity contribution in [3.63, 3.8) is 0 Å². The van der Waals surface area contributed by atoms with Crippen LogP contribution in [0.4, 0.5) is 24.5 Å². The molecule has 0 spiro atoms. The van der Waals surface area contributed by atoms with Crippen LogP contribution in [0.1, 0.15) is 19.4 Å². The van der Waals surface area contributed by atoms with Gasteiger partial charge in [-0.2, -0.15) is 4.39 Å². The molecule has 0 saturated heterocycles. The van der Waals surface area contributed by atoms with Crippen LogP contribution in [0.25, 0.3) is 0 Å². The van der Waals surface area contributed by atoms with E-state index < -0.39 is 39.3 Å². The molecule has 0 unspecified atom stereocenters. The van der Waals surface area contributed by atoms with E-state index in [0.29, 0.717) is 0 Å². The fourth-order valence-electron chi connectivity index (χ4n) is 1.16. The fourth-order valence-corrected chi connectivity index (χ4v) is 1.16. The largest absolute Gasteiger partial charge is 0.380 e. The molecule has 0 heterocycles. The zero-order chi connectivity index (χ0) is 13.7. The van der Waals surface area contributed by atoms with Gasteiger partial charge in [0.2, 0.25) is 5.82 Å². The Morgan fingerprint density at radius 3 is 1.94 bits per heavy atom. The molecule has 1 N–H and O–H groups in total. The first-order valence-corrected chi connectivity index (χ1v) is 4.91. The Balaban J connectivity index is 0.00000121. The SMILES string of the molecule is CC.CNc1c(F)c(F)c(C)c(F)c1[N+](=O)[O-]. The Hall–Kier alpha value is -1.79. The molecule has 0 atom stereocenters. The molecule has 0 aliphatic rings. The van der Waals surface area contributed by atoms with Crippen LogP contribution in [0.3, 0.4) is 0 Å². The smallest absolute Gasteiger partial charge is 0.331 e. The number of nitro benzene ring substituents is 1. The van der Waals surface area contributed by atoms with E-state index in [1.54, 1.807) is 0 Å². The molecule has 0 fully saturated rings. The van der Waals surface area contributed by atoms with Crippen LogP contribution in [0.5, 0.6) is 0 Å². The van der Waals surface area contributed by atoms with E-state index in [4.69, 9.17) is 0 Å². The third-order valence-corrected chi connectivity index (χ3v) is 1.95. The highest BCUT2D eigenvalue weighted by molar-refractivity contribution is 5.64. The maximum absolute atomic E-state index is 13.3. The molecule has 0 amide bonds. The molecule has 0 aliphatic carbocycles. The molecule has 96 valence electrons. The minimum Gasteiger partial charge on any atom is -0.380 e. The molecule has 0 saturated carbocycles. The summed E-state index contributed by atoms with van der Waals surface area (Å²) in [4.78, 5) is 9.35. The van der Waals surface area contributed by atoms with Gasteiger partial charge >= 0.3 is 5.69 Å². The summed E-state index contributed by atoms with van der Waals surface area (Å²) in [7, 11) is 1.14. The third kappa shape index (κ3) is 2.66. The van der Waals surface area contributed by atoms with Gasteiger partial charge in [-0.3, -0.25) is 10.1 Å². The molecule has 0 bridgehead atoms. The summed E-state index contributed by atoms with van der Waals surface area (Å²) in [6.07, 6.45) is 0. The summed E-state index contributed by atoms with van der Waals surface area (Å²) < 4.78 is 39.4. The molecule has 0 aliphatic heterocycles. The second-order valence-electron chi connectivity index (χ2n) is 2.80. The number of nitrogens with one attached hydrogen (secondary N) is 1. The van der Waals surface area contributed by atoms with Crippen LogP contribution in [-0.4, -0.2) is 12.0 Å². The van der Waals surface area contributed by atoms with E-state index in [0.717, 1.165) is 14.0 Å². The zero-order valence-corrected chi connectivity index (χ0v) is 9.90. The van der Waals surface area contributed by atoms with Gasteiger partial charge in [0, 0.05) is 12.6 Å². The van der Waals surface area contributed by atoms with Gasteiger partial charge in [-0.1, -0.05) is 13.8 Å². The third-order valence-electron chi connectivity index (χ3n) is 1.95. The summed E-state index contributed by atoms with van der Waals surface area (Å²) in [6.45, 7) is 4.93. The Kier molecular flexibility index (Phi) is 5.43. The van der Waals surface area contributed by atoms with Crippen LogP contribution in [0.2, 0.25) is 0 Å². The monoisotopic (exact) mass is 250 g/mol. The summed E-state index contributed by atoms with van der Waals surface area (Å²) in [5.74, 6) is -4.26. The fraction of sp³-hybridized carbons (Fsp3) is 0.400. The average molecular weight is 250 g/mol. The second kappa shape index (κ2) is 6.07. The van der Waals surface area contributed by atoms with Gasteiger partial charge in [-0.05, 0) is 6.92 Å². The Morgan fingerprint density at radius 2 is 1.59 bits per heavy atom. The maximum Gasteiger partial charge on any atom is 0.331 e. The molecule has 7 heteroatoms. The van der Waals surface area contributed by atoms with Crippen LogP contribution in [0, 0.1) is 34.5 Å². The number of anilines is 1. The molecule has 1 rings (SSSR count). The summed E-state index contributed by atoms with van der Waals surface area (Å²) in [6, 6.07) is 0. The summed E-state index contributed by atoms with van der Waals surface area (Å²) in [5, 5.41) is 12.5. The number of hydrogen-bond donors (Lipinski definition) is 1. The van der Waals surface area contributed by atoms with Gasteiger partial charge < -0.3 is 5.32 Å². The van der Waals surface area contributed by atoms with E-state index in [9.17, 15) is 23.3 Å². The molecule has 0 aromatic heterocycles. The maximum atomic E-state index is 13.3. The van der Waals surface area contributed by atoms with Gasteiger partial charge in [0.05, 0.1) is 4.92 Å². The number of nitro groups is 1. The van der Waals surface area contributed by atoms with Gasteiger partial charge in [0.15, 0.2) is 17.3 Å². The predicted octanol–water partition coefficient (Wildman–Crippen LogP) is 3.39. The molecule has 4 nitrogen and oxygen atoms in total. The van der Waals surface area contributed by atoms with Crippen LogP contribution < -0.4 is 5.32 Å². The lowest BCUT2D eigenvalue weighted by molar-refractivity contribution is -0.386.